The van der Waals surface area contributed by atoms with Gasteiger partial charge < -0.3 is 15.7 Å². The van der Waals surface area contributed by atoms with Gasteiger partial charge in [-0.05, 0) is 6.42 Å². The number of carbonyl (C=O) groups is 2. The van der Waals surface area contributed by atoms with Gasteiger partial charge in [-0.2, -0.15) is 0 Å². The van der Waals surface area contributed by atoms with E-state index < -0.39 is 27.9 Å². The van der Waals surface area contributed by atoms with Crippen LogP contribution in [-0.2, 0) is 14.6 Å². The molecule has 0 bridgehead atoms. The second kappa shape index (κ2) is 6.89. The fourth-order valence-electron chi connectivity index (χ4n) is 0.947. The molecule has 98 valence electrons. The number of nitrogens with one attached hydrogen (secondary N) is 2. The molecule has 17 heavy (non-hydrogen) atoms. The quantitative estimate of drug-likeness (QED) is 0.529. The lowest BCUT2D eigenvalue weighted by Gasteiger charge is -2.13. The fraction of sp³-hybridized carbons (Fsp3) is 0.556. The number of urea groups is 1. The summed E-state index contributed by atoms with van der Waals surface area (Å²) >= 11 is 0. The predicted octanol–water partition coefficient (Wildman–Crippen LogP) is -0.640. The summed E-state index contributed by atoms with van der Waals surface area (Å²) in [6, 6.07) is -1.78. The molecule has 8 heteroatoms. The number of carbonyl (C=O) groups excluding carboxylic acids is 1. The molecule has 2 amide bonds. The van der Waals surface area contributed by atoms with E-state index in [-0.39, 0.29) is 18.7 Å². The summed E-state index contributed by atoms with van der Waals surface area (Å²) in [5, 5.41) is 13.2. The summed E-state index contributed by atoms with van der Waals surface area (Å²) in [6.07, 6.45) is 2.51. The van der Waals surface area contributed by atoms with E-state index >= 15 is 0 Å². The normalized spacial score (nSPS) is 12.5. The van der Waals surface area contributed by atoms with Crippen molar-refractivity contribution in [2.24, 2.45) is 0 Å². The molecule has 0 aliphatic carbocycles. The van der Waals surface area contributed by atoms with E-state index in [9.17, 15) is 18.0 Å². The first kappa shape index (κ1) is 15.4. The van der Waals surface area contributed by atoms with Gasteiger partial charge in [0.15, 0.2) is 0 Å². The molecule has 3 N–H and O–H groups in total. The minimum absolute atomic E-state index is 0.0644. The van der Waals surface area contributed by atoms with Crippen LogP contribution in [0.1, 0.15) is 6.42 Å². The highest BCUT2D eigenvalue weighted by Gasteiger charge is 2.17. The van der Waals surface area contributed by atoms with Crippen molar-refractivity contribution in [2.45, 2.75) is 12.5 Å². The molecular weight excluding hydrogens is 248 g/mol. The van der Waals surface area contributed by atoms with Gasteiger partial charge in [0.1, 0.15) is 15.9 Å². The third kappa shape index (κ3) is 8.26. The number of sulfone groups is 1. The summed E-state index contributed by atoms with van der Waals surface area (Å²) in [5.74, 6) is -1.37. The third-order valence-electron chi connectivity index (χ3n) is 1.76. The van der Waals surface area contributed by atoms with Crippen molar-refractivity contribution in [3.8, 4) is 0 Å². The monoisotopic (exact) mass is 264 g/mol. The zero-order chi connectivity index (χ0) is 13.5. The van der Waals surface area contributed by atoms with Crippen LogP contribution >= 0.6 is 0 Å². The minimum atomic E-state index is -3.15. The highest BCUT2D eigenvalue weighted by atomic mass is 32.2. The van der Waals surface area contributed by atoms with Crippen molar-refractivity contribution in [3.05, 3.63) is 12.7 Å². The Morgan fingerprint density at radius 1 is 1.47 bits per heavy atom. The fourth-order valence-corrected chi connectivity index (χ4v) is 1.42. The van der Waals surface area contributed by atoms with Crippen LogP contribution in [0.3, 0.4) is 0 Å². The molecule has 1 atom stereocenters. The molecule has 0 aliphatic heterocycles. The van der Waals surface area contributed by atoms with Crippen LogP contribution in [0.2, 0.25) is 0 Å². The van der Waals surface area contributed by atoms with Crippen molar-refractivity contribution in [1.29, 1.82) is 0 Å². The van der Waals surface area contributed by atoms with E-state index in [1.165, 1.54) is 6.08 Å². The molecule has 0 aromatic carbocycles. The maximum Gasteiger partial charge on any atom is 0.326 e. The van der Waals surface area contributed by atoms with Crippen LogP contribution in [0.4, 0.5) is 4.79 Å². The van der Waals surface area contributed by atoms with Gasteiger partial charge in [0.2, 0.25) is 0 Å². The molecule has 0 rings (SSSR count). The van der Waals surface area contributed by atoms with E-state index in [0.717, 1.165) is 6.26 Å². The lowest BCUT2D eigenvalue weighted by Crippen LogP contribution is -2.46. The first-order chi connectivity index (χ1) is 7.76. The van der Waals surface area contributed by atoms with Crippen LogP contribution in [0.5, 0.6) is 0 Å². The van der Waals surface area contributed by atoms with Crippen molar-refractivity contribution in [2.75, 3.05) is 18.6 Å². The molecular formula is C9H16N2O5S. The van der Waals surface area contributed by atoms with Crippen molar-refractivity contribution < 1.29 is 23.1 Å². The van der Waals surface area contributed by atoms with E-state index in [0.29, 0.717) is 0 Å². The van der Waals surface area contributed by atoms with E-state index in [1.54, 1.807) is 0 Å². The Bertz CT molecular complexity index is 390. The summed E-state index contributed by atoms with van der Waals surface area (Å²) in [5.41, 5.74) is 0. The minimum Gasteiger partial charge on any atom is -0.480 e. The van der Waals surface area contributed by atoms with E-state index in [2.05, 4.69) is 17.2 Å². The van der Waals surface area contributed by atoms with Crippen molar-refractivity contribution in [1.82, 2.24) is 10.6 Å². The Labute approximate surface area is 99.8 Å². The van der Waals surface area contributed by atoms with Gasteiger partial charge >= 0.3 is 12.0 Å². The lowest BCUT2D eigenvalue weighted by molar-refractivity contribution is -0.139. The topological polar surface area (TPSA) is 113 Å². The Morgan fingerprint density at radius 2 is 2.06 bits per heavy atom. The number of carboxylic acid groups (broad SMARTS) is 1. The molecule has 0 aromatic heterocycles. The molecule has 0 saturated heterocycles. The number of rotatable bonds is 7. The van der Waals surface area contributed by atoms with Crippen molar-refractivity contribution in [3.63, 3.8) is 0 Å². The maximum absolute atomic E-state index is 11.2. The zero-order valence-corrected chi connectivity index (χ0v) is 10.3. The molecule has 7 nitrogen and oxygen atoms in total. The number of aliphatic carboxylic acids is 1. The molecule has 0 aromatic rings. The largest absolute Gasteiger partial charge is 0.480 e. The third-order valence-corrected chi connectivity index (χ3v) is 2.71. The van der Waals surface area contributed by atoms with Crippen molar-refractivity contribution >= 4 is 21.8 Å². The number of amides is 2. The van der Waals surface area contributed by atoms with Crippen LogP contribution in [0, 0.1) is 0 Å². The van der Waals surface area contributed by atoms with Gasteiger partial charge in [-0.1, -0.05) is 6.08 Å². The van der Waals surface area contributed by atoms with E-state index in [4.69, 9.17) is 5.11 Å². The first-order valence-electron chi connectivity index (χ1n) is 4.82. The highest BCUT2D eigenvalue weighted by molar-refractivity contribution is 7.90. The summed E-state index contributed by atoms with van der Waals surface area (Å²) in [4.78, 5) is 21.9. The molecule has 0 spiro atoms. The average molecular weight is 264 g/mol. The summed E-state index contributed by atoms with van der Waals surface area (Å²) in [6.45, 7) is 3.31. The van der Waals surface area contributed by atoms with Gasteiger partial charge in [0, 0.05) is 12.8 Å². The first-order valence-corrected chi connectivity index (χ1v) is 6.88. The number of hydrogen-bond acceptors (Lipinski definition) is 4. The zero-order valence-electron chi connectivity index (χ0n) is 9.47. The van der Waals surface area contributed by atoms with Gasteiger partial charge in [-0.3, -0.25) is 0 Å². The standard InChI is InChI=1S/C9H16N2O5S/c1-3-4-7(8(12)13)11-9(14)10-5-6-17(2,15)16/h3,7H,1,4-6H2,2H3,(H,12,13)(H2,10,11,14). The molecule has 0 fully saturated rings. The lowest BCUT2D eigenvalue weighted by atomic mass is 10.2. The average Bonchev–Trinajstić information content (AvgIpc) is 2.14. The molecule has 1 unspecified atom stereocenters. The Hall–Kier alpha value is -1.57. The van der Waals surface area contributed by atoms with Gasteiger partial charge in [0.05, 0.1) is 5.75 Å². The Balaban J connectivity index is 4.07. The van der Waals surface area contributed by atoms with Gasteiger partial charge in [0.25, 0.3) is 0 Å². The number of carboxylic acids is 1. The van der Waals surface area contributed by atoms with Gasteiger partial charge in [-0.25, -0.2) is 18.0 Å². The molecule has 0 saturated carbocycles. The highest BCUT2D eigenvalue weighted by Crippen LogP contribution is 1.92. The van der Waals surface area contributed by atoms with E-state index in [1.807, 2.05) is 0 Å². The number of hydrogen-bond donors (Lipinski definition) is 3. The van der Waals surface area contributed by atoms with Crippen LogP contribution < -0.4 is 10.6 Å². The molecule has 0 aliphatic rings. The summed E-state index contributed by atoms with van der Waals surface area (Å²) < 4.78 is 21.5. The van der Waals surface area contributed by atoms with Crippen LogP contribution in [0.25, 0.3) is 0 Å². The predicted molar refractivity (Wildman–Crippen MR) is 62.5 cm³/mol. The SMILES string of the molecule is C=CCC(NC(=O)NCCS(C)(=O)=O)C(=O)O. The van der Waals surface area contributed by atoms with Crippen LogP contribution in [-0.4, -0.2) is 50.1 Å². The summed E-state index contributed by atoms with van der Waals surface area (Å²) in [7, 11) is -3.15. The smallest absolute Gasteiger partial charge is 0.326 e. The second-order valence-electron chi connectivity index (χ2n) is 3.45. The van der Waals surface area contributed by atoms with Crippen LogP contribution in [0.15, 0.2) is 12.7 Å². The molecule has 0 heterocycles. The van der Waals surface area contributed by atoms with Gasteiger partial charge in [-0.15, -0.1) is 6.58 Å². The molecule has 0 radical (unpaired) electrons. The second-order valence-corrected chi connectivity index (χ2v) is 5.71. The Morgan fingerprint density at radius 3 is 2.47 bits per heavy atom. The maximum atomic E-state index is 11.2. The Kier molecular flexibility index (Phi) is 6.26.